The highest BCUT2D eigenvalue weighted by atomic mass is 32.2. The van der Waals surface area contributed by atoms with Gasteiger partial charge in [0.25, 0.3) is 0 Å². The van der Waals surface area contributed by atoms with Crippen molar-refractivity contribution in [2.24, 2.45) is 0 Å². The van der Waals surface area contributed by atoms with Crippen LogP contribution in [0, 0.1) is 0 Å². The molecule has 0 aromatic heterocycles. The van der Waals surface area contributed by atoms with Crippen molar-refractivity contribution >= 4 is 23.6 Å². The van der Waals surface area contributed by atoms with Gasteiger partial charge < -0.3 is 14.5 Å². The highest BCUT2D eigenvalue weighted by molar-refractivity contribution is 7.99. The summed E-state index contributed by atoms with van der Waals surface area (Å²) in [7, 11) is 0. The predicted molar refractivity (Wildman–Crippen MR) is 90.1 cm³/mol. The van der Waals surface area contributed by atoms with Crippen LogP contribution in [0.25, 0.3) is 0 Å². The summed E-state index contributed by atoms with van der Waals surface area (Å²) < 4.78 is 5.36. The number of morpholine rings is 1. The number of ether oxygens (including phenoxy) is 1. The average molecular weight is 334 g/mol. The Morgan fingerprint density at radius 1 is 1.22 bits per heavy atom. The van der Waals surface area contributed by atoms with Gasteiger partial charge in [0.1, 0.15) is 12.6 Å². The lowest BCUT2D eigenvalue weighted by molar-refractivity contribution is -0.159. The summed E-state index contributed by atoms with van der Waals surface area (Å²) in [5, 5.41) is 0. The van der Waals surface area contributed by atoms with Crippen molar-refractivity contribution in [1.29, 1.82) is 0 Å². The van der Waals surface area contributed by atoms with Crippen LogP contribution in [0.15, 0.2) is 30.3 Å². The second-order valence-corrected chi connectivity index (χ2v) is 7.05. The largest absolute Gasteiger partial charge is 0.369 e. The van der Waals surface area contributed by atoms with Crippen LogP contribution in [0.2, 0.25) is 0 Å². The van der Waals surface area contributed by atoms with Crippen LogP contribution in [-0.2, 0) is 20.9 Å². The normalized spacial score (nSPS) is 22.8. The molecule has 0 bridgehead atoms. The van der Waals surface area contributed by atoms with E-state index in [1.807, 2.05) is 47.0 Å². The molecule has 2 saturated heterocycles. The van der Waals surface area contributed by atoms with Gasteiger partial charge in [0.05, 0.1) is 6.61 Å². The molecular weight excluding hydrogens is 312 g/mol. The first-order valence-electron chi connectivity index (χ1n) is 8.03. The summed E-state index contributed by atoms with van der Waals surface area (Å²) in [6, 6.07) is 9.30. The molecular formula is C17H22N2O3S. The molecule has 2 fully saturated rings. The Balaban J connectivity index is 1.74. The summed E-state index contributed by atoms with van der Waals surface area (Å²) in [5.74, 6) is 1.97. The van der Waals surface area contributed by atoms with Gasteiger partial charge in [0, 0.05) is 25.4 Å². The molecule has 2 aliphatic heterocycles. The van der Waals surface area contributed by atoms with E-state index < -0.39 is 6.04 Å². The number of benzene rings is 1. The molecule has 0 radical (unpaired) electrons. The highest BCUT2D eigenvalue weighted by Gasteiger charge is 2.36. The van der Waals surface area contributed by atoms with Crippen LogP contribution in [0.3, 0.4) is 0 Å². The monoisotopic (exact) mass is 334 g/mol. The van der Waals surface area contributed by atoms with Crippen molar-refractivity contribution < 1.29 is 14.3 Å². The maximum atomic E-state index is 12.9. The maximum Gasteiger partial charge on any atom is 0.249 e. The van der Waals surface area contributed by atoms with Gasteiger partial charge in [-0.15, -0.1) is 0 Å². The smallest absolute Gasteiger partial charge is 0.249 e. The number of thioether (sulfide) groups is 1. The van der Waals surface area contributed by atoms with Crippen molar-refractivity contribution in [1.82, 2.24) is 9.80 Å². The van der Waals surface area contributed by atoms with Gasteiger partial charge in [-0.3, -0.25) is 9.59 Å². The molecule has 0 aliphatic carbocycles. The molecule has 0 spiro atoms. The van der Waals surface area contributed by atoms with E-state index >= 15 is 0 Å². The zero-order chi connectivity index (χ0) is 16.1. The van der Waals surface area contributed by atoms with Gasteiger partial charge in [0.15, 0.2) is 0 Å². The number of nitrogens with zero attached hydrogens (tertiary/aromatic N) is 2. The third-order valence-electron chi connectivity index (χ3n) is 4.21. The Morgan fingerprint density at radius 3 is 2.87 bits per heavy atom. The first kappa shape index (κ1) is 16.3. The van der Waals surface area contributed by atoms with Gasteiger partial charge in [-0.1, -0.05) is 30.3 Å². The molecule has 0 N–H and O–H groups in total. The van der Waals surface area contributed by atoms with E-state index in [1.165, 1.54) is 0 Å². The van der Waals surface area contributed by atoms with Crippen molar-refractivity contribution in [3.8, 4) is 0 Å². The minimum atomic E-state index is -0.500. The van der Waals surface area contributed by atoms with Gasteiger partial charge in [-0.25, -0.2) is 0 Å². The number of amides is 2. The summed E-state index contributed by atoms with van der Waals surface area (Å²) in [6.07, 6.45) is 1.01. The number of hydrogen-bond acceptors (Lipinski definition) is 4. The lowest BCUT2D eigenvalue weighted by Gasteiger charge is -2.37. The van der Waals surface area contributed by atoms with E-state index in [0.717, 1.165) is 36.6 Å². The van der Waals surface area contributed by atoms with E-state index in [4.69, 9.17) is 4.74 Å². The van der Waals surface area contributed by atoms with E-state index in [-0.39, 0.29) is 18.4 Å². The van der Waals surface area contributed by atoms with Crippen LogP contribution in [-0.4, -0.2) is 65.5 Å². The molecule has 0 unspecified atom stereocenters. The van der Waals surface area contributed by atoms with Gasteiger partial charge in [-0.2, -0.15) is 11.8 Å². The Morgan fingerprint density at radius 2 is 2.04 bits per heavy atom. The third-order valence-corrected chi connectivity index (χ3v) is 5.26. The van der Waals surface area contributed by atoms with Crippen LogP contribution < -0.4 is 0 Å². The molecule has 1 atom stereocenters. The summed E-state index contributed by atoms with van der Waals surface area (Å²) >= 11 is 1.88. The topological polar surface area (TPSA) is 49.9 Å². The zero-order valence-electron chi connectivity index (χ0n) is 13.1. The molecule has 0 saturated carbocycles. The van der Waals surface area contributed by atoms with E-state index in [0.29, 0.717) is 13.2 Å². The van der Waals surface area contributed by atoms with Crippen LogP contribution >= 0.6 is 11.8 Å². The predicted octanol–water partition coefficient (Wildman–Crippen LogP) is 1.38. The molecule has 2 amide bonds. The SMILES string of the molecule is O=C([C@@H]1COCC(=O)N1Cc1ccccc1)N1CCCSCC1. The molecule has 5 nitrogen and oxygen atoms in total. The molecule has 6 heteroatoms. The third kappa shape index (κ3) is 4.06. The van der Waals surface area contributed by atoms with Crippen LogP contribution in [0.5, 0.6) is 0 Å². The second kappa shape index (κ2) is 7.84. The minimum Gasteiger partial charge on any atom is -0.369 e. The molecule has 3 rings (SSSR count). The summed E-state index contributed by atoms with van der Waals surface area (Å²) in [4.78, 5) is 28.8. The Hall–Kier alpha value is -1.53. The van der Waals surface area contributed by atoms with Crippen molar-refractivity contribution in [3.63, 3.8) is 0 Å². The minimum absolute atomic E-state index is 0.0245. The fourth-order valence-electron chi connectivity index (χ4n) is 2.96. The number of hydrogen-bond donors (Lipinski definition) is 0. The lowest BCUT2D eigenvalue weighted by Crippen LogP contribution is -2.57. The van der Waals surface area contributed by atoms with Crippen molar-refractivity contribution in [2.75, 3.05) is 37.8 Å². The molecule has 2 heterocycles. The zero-order valence-corrected chi connectivity index (χ0v) is 14.0. The average Bonchev–Trinajstić information content (AvgIpc) is 2.86. The number of rotatable bonds is 3. The molecule has 1 aromatic carbocycles. The van der Waals surface area contributed by atoms with Gasteiger partial charge in [-0.05, 0) is 17.7 Å². The standard InChI is InChI=1S/C17H22N2O3S/c20-16-13-22-12-15(17(21)18-7-4-9-23-10-8-18)19(16)11-14-5-2-1-3-6-14/h1-3,5-6,15H,4,7-13H2/t15-/m0/s1. The van der Waals surface area contributed by atoms with Crippen LogP contribution in [0.4, 0.5) is 0 Å². The lowest BCUT2D eigenvalue weighted by atomic mass is 10.1. The quantitative estimate of drug-likeness (QED) is 0.838. The maximum absolute atomic E-state index is 12.9. The fraction of sp³-hybridized carbons (Fsp3) is 0.529. The van der Waals surface area contributed by atoms with E-state index in [9.17, 15) is 9.59 Å². The second-order valence-electron chi connectivity index (χ2n) is 5.83. The van der Waals surface area contributed by atoms with Crippen molar-refractivity contribution in [3.05, 3.63) is 35.9 Å². The molecule has 124 valence electrons. The number of carbonyl (C=O) groups is 2. The van der Waals surface area contributed by atoms with Gasteiger partial charge in [0.2, 0.25) is 11.8 Å². The Labute approximate surface area is 141 Å². The summed E-state index contributed by atoms with van der Waals surface area (Å²) in [5.41, 5.74) is 1.03. The Bertz CT molecular complexity index is 544. The number of carbonyl (C=O) groups excluding carboxylic acids is 2. The summed E-state index contributed by atoms with van der Waals surface area (Å²) in [6.45, 7) is 2.35. The Kier molecular flexibility index (Phi) is 5.56. The van der Waals surface area contributed by atoms with E-state index in [1.54, 1.807) is 4.90 Å². The van der Waals surface area contributed by atoms with E-state index in [2.05, 4.69) is 0 Å². The van der Waals surface area contributed by atoms with Crippen molar-refractivity contribution in [2.45, 2.75) is 19.0 Å². The molecule has 1 aromatic rings. The first-order chi connectivity index (χ1) is 11.3. The first-order valence-corrected chi connectivity index (χ1v) is 9.19. The van der Waals surface area contributed by atoms with Gasteiger partial charge >= 0.3 is 0 Å². The van der Waals surface area contributed by atoms with Crippen LogP contribution in [0.1, 0.15) is 12.0 Å². The molecule has 23 heavy (non-hydrogen) atoms. The fourth-order valence-corrected chi connectivity index (χ4v) is 3.85. The molecule has 2 aliphatic rings. The highest BCUT2D eigenvalue weighted by Crippen LogP contribution is 2.18.